The first kappa shape index (κ1) is 17.8. The first-order valence-electron chi connectivity index (χ1n) is 9.50. The lowest BCUT2D eigenvalue weighted by molar-refractivity contribution is -0.139. The molecule has 4 rings (SSSR count). The largest absolute Gasteiger partial charge is 0.481 e. The van der Waals surface area contributed by atoms with Gasteiger partial charge in [0.05, 0.1) is 17.1 Å². The number of methoxy groups -OCH3 is 1. The second kappa shape index (κ2) is 7.20. The van der Waals surface area contributed by atoms with E-state index in [2.05, 4.69) is 29.7 Å². The molecule has 1 aliphatic carbocycles. The number of carboxylic acids is 1. The number of rotatable bonds is 7. The Balaban J connectivity index is 2.03. The van der Waals surface area contributed by atoms with E-state index < -0.39 is 11.9 Å². The van der Waals surface area contributed by atoms with E-state index in [0.29, 0.717) is 19.1 Å². The predicted molar refractivity (Wildman–Crippen MR) is 107 cm³/mol. The van der Waals surface area contributed by atoms with Crippen molar-refractivity contribution >= 4 is 16.9 Å². The third-order valence-corrected chi connectivity index (χ3v) is 5.48. The molecule has 4 nitrogen and oxygen atoms in total. The highest BCUT2D eigenvalue weighted by Crippen LogP contribution is 2.45. The number of benzene rings is 2. The Kier molecular flexibility index (Phi) is 4.75. The Bertz CT molecular complexity index is 970. The summed E-state index contributed by atoms with van der Waals surface area (Å²) in [6.45, 7) is 2.45. The predicted octanol–water partition coefficient (Wildman–Crippen LogP) is 5.19. The van der Waals surface area contributed by atoms with Crippen LogP contribution in [0.5, 0.6) is 0 Å². The maximum Gasteiger partial charge on any atom is 0.311 e. The van der Waals surface area contributed by atoms with Crippen LogP contribution in [0.2, 0.25) is 0 Å². The van der Waals surface area contributed by atoms with Gasteiger partial charge in [0.1, 0.15) is 6.73 Å². The number of aliphatic carboxylic acids is 1. The molecule has 1 atom stereocenters. The fourth-order valence-corrected chi connectivity index (χ4v) is 4.04. The standard InChI is InChI=1S/C23H25NO3/c1-15-8-11-18-20(12-15)24(14-27-2)22(17-6-4-3-5-7-17)21(18)19(23(25)26)13-16-9-10-16/h3-8,11-12,16,19H,9-10,13-14H2,1-2H3,(H,25,26). The second-order valence-electron chi connectivity index (χ2n) is 7.56. The van der Waals surface area contributed by atoms with Gasteiger partial charge in [0.25, 0.3) is 0 Å². The van der Waals surface area contributed by atoms with E-state index >= 15 is 0 Å². The van der Waals surface area contributed by atoms with Gasteiger partial charge in [0.2, 0.25) is 0 Å². The zero-order valence-electron chi connectivity index (χ0n) is 15.8. The van der Waals surface area contributed by atoms with Gasteiger partial charge in [-0.15, -0.1) is 0 Å². The second-order valence-corrected chi connectivity index (χ2v) is 7.56. The third kappa shape index (κ3) is 3.37. The lowest BCUT2D eigenvalue weighted by atomic mass is 9.89. The number of nitrogens with zero attached hydrogens (tertiary/aromatic N) is 1. The molecule has 1 saturated carbocycles. The van der Waals surface area contributed by atoms with Crippen LogP contribution in [0.25, 0.3) is 22.2 Å². The Morgan fingerprint density at radius 2 is 1.96 bits per heavy atom. The third-order valence-electron chi connectivity index (χ3n) is 5.48. The first-order valence-corrected chi connectivity index (χ1v) is 9.50. The first-order chi connectivity index (χ1) is 13.1. The molecule has 0 spiro atoms. The van der Waals surface area contributed by atoms with Gasteiger partial charge in [0, 0.05) is 18.1 Å². The van der Waals surface area contributed by atoms with Gasteiger partial charge in [-0.1, -0.05) is 55.3 Å². The number of aromatic nitrogens is 1. The van der Waals surface area contributed by atoms with E-state index in [-0.39, 0.29) is 0 Å². The molecule has 27 heavy (non-hydrogen) atoms. The van der Waals surface area contributed by atoms with E-state index in [9.17, 15) is 9.90 Å². The van der Waals surface area contributed by atoms with Gasteiger partial charge in [-0.05, 0) is 36.5 Å². The van der Waals surface area contributed by atoms with Crippen LogP contribution in [0.3, 0.4) is 0 Å². The normalized spacial score (nSPS) is 15.2. The molecule has 4 heteroatoms. The highest BCUT2D eigenvalue weighted by atomic mass is 16.5. The van der Waals surface area contributed by atoms with Crippen molar-refractivity contribution in [2.45, 2.75) is 38.8 Å². The monoisotopic (exact) mass is 363 g/mol. The molecule has 1 aliphatic rings. The molecule has 1 heterocycles. The van der Waals surface area contributed by atoms with Gasteiger partial charge < -0.3 is 14.4 Å². The van der Waals surface area contributed by atoms with E-state index in [1.807, 2.05) is 30.3 Å². The topological polar surface area (TPSA) is 51.5 Å². The summed E-state index contributed by atoms with van der Waals surface area (Å²) in [5.41, 5.74) is 5.10. The lowest BCUT2D eigenvalue weighted by Crippen LogP contribution is -2.14. The summed E-state index contributed by atoms with van der Waals surface area (Å²) >= 11 is 0. The molecular formula is C23H25NO3. The molecule has 3 aromatic rings. The number of carboxylic acid groups (broad SMARTS) is 1. The average Bonchev–Trinajstić information content (AvgIpc) is 3.43. The van der Waals surface area contributed by atoms with Crippen molar-refractivity contribution in [3.8, 4) is 11.3 Å². The number of fused-ring (bicyclic) bond motifs is 1. The molecule has 1 fully saturated rings. The molecule has 140 valence electrons. The fraction of sp³-hybridized carbons (Fsp3) is 0.348. The van der Waals surface area contributed by atoms with Crippen LogP contribution >= 0.6 is 0 Å². The quantitative estimate of drug-likeness (QED) is 0.628. The van der Waals surface area contributed by atoms with Crippen molar-refractivity contribution < 1.29 is 14.6 Å². The van der Waals surface area contributed by atoms with Crippen LogP contribution in [-0.4, -0.2) is 22.8 Å². The van der Waals surface area contributed by atoms with Crippen molar-refractivity contribution in [2.75, 3.05) is 7.11 Å². The van der Waals surface area contributed by atoms with Crippen LogP contribution in [0.1, 0.15) is 36.3 Å². The van der Waals surface area contributed by atoms with Crippen LogP contribution in [0.15, 0.2) is 48.5 Å². The molecule has 0 radical (unpaired) electrons. The lowest BCUT2D eigenvalue weighted by Gasteiger charge is -2.16. The SMILES string of the molecule is COCn1c(-c2ccccc2)c(C(CC2CC2)C(=O)O)c2ccc(C)cc21. The van der Waals surface area contributed by atoms with E-state index in [0.717, 1.165) is 46.1 Å². The maximum absolute atomic E-state index is 12.3. The number of ether oxygens (including phenoxy) is 1. The van der Waals surface area contributed by atoms with Gasteiger partial charge in [-0.2, -0.15) is 0 Å². The highest BCUT2D eigenvalue weighted by molar-refractivity contribution is 5.97. The van der Waals surface area contributed by atoms with Gasteiger partial charge in [0.15, 0.2) is 0 Å². The van der Waals surface area contributed by atoms with Crippen LogP contribution in [0.4, 0.5) is 0 Å². The minimum Gasteiger partial charge on any atom is -0.481 e. The van der Waals surface area contributed by atoms with Crippen molar-refractivity contribution in [3.63, 3.8) is 0 Å². The molecule has 1 unspecified atom stereocenters. The summed E-state index contributed by atoms with van der Waals surface area (Å²) in [7, 11) is 1.68. The minimum atomic E-state index is -0.740. The molecule has 0 saturated heterocycles. The smallest absolute Gasteiger partial charge is 0.311 e. The van der Waals surface area contributed by atoms with E-state index in [1.165, 1.54) is 0 Å². The molecule has 0 aliphatic heterocycles. The number of aryl methyl sites for hydroxylation is 1. The zero-order chi connectivity index (χ0) is 19.0. The number of hydrogen-bond acceptors (Lipinski definition) is 2. The summed E-state index contributed by atoms with van der Waals surface area (Å²) in [5.74, 6) is -0.715. The Morgan fingerprint density at radius 1 is 1.22 bits per heavy atom. The van der Waals surface area contributed by atoms with Crippen molar-refractivity contribution in [3.05, 3.63) is 59.7 Å². The Hall–Kier alpha value is -2.59. The van der Waals surface area contributed by atoms with E-state index in [4.69, 9.17) is 4.74 Å². The molecule has 2 aromatic carbocycles. The van der Waals surface area contributed by atoms with Crippen molar-refractivity contribution in [1.82, 2.24) is 4.57 Å². The highest BCUT2D eigenvalue weighted by Gasteiger charge is 2.34. The molecule has 1 N–H and O–H groups in total. The maximum atomic E-state index is 12.3. The van der Waals surface area contributed by atoms with Crippen molar-refractivity contribution in [2.24, 2.45) is 5.92 Å². The average molecular weight is 363 g/mol. The Morgan fingerprint density at radius 3 is 2.59 bits per heavy atom. The minimum absolute atomic E-state index is 0.389. The molecular weight excluding hydrogens is 338 g/mol. The fourth-order valence-electron chi connectivity index (χ4n) is 4.04. The summed E-state index contributed by atoms with van der Waals surface area (Å²) in [5, 5.41) is 11.1. The summed E-state index contributed by atoms with van der Waals surface area (Å²) in [4.78, 5) is 12.3. The van der Waals surface area contributed by atoms with Crippen LogP contribution in [0, 0.1) is 12.8 Å². The summed E-state index contributed by atoms with van der Waals surface area (Å²) in [6.07, 6.45) is 2.98. The molecule has 1 aromatic heterocycles. The molecule has 0 bridgehead atoms. The van der Waals surface area contributed by atoms with Crippen LogP contribution < -0.4 is 0 Å². The summed E-state index contributed by atoms with van der Waals surface area (Å²) in [6, 6.07) is 16.3. The van der Waals surface area contributed by atoms with Gasteiger partial charge in [-0.25, -0.2) is 0 Å². The summed E-state index contributed by atoms with van der Waals surface area (Å²) < 4.78 is 7.62. The van der Waals surface area contributed by atoms with Crippen molar-refractivity contribution in [1.29, 1.82) is 0 Å². The number of carbonyl (C=O) groups is 1. The van der Waals surface area contributed by atoms with Crippen LogP contribution in [-0.2, 0) is 16.3 Å². The number of hydrogen-bond donors (Lipinski definition) is 1. The molecule has 0 amide bonds. The van der Waals surface area contributed by atoms with E-state index in [1.54, 1.807) is 7.11 Å². The van der Waals surface area contributed by atoms with Gasteiger partial charge >= 0.3 is 5.97 Å². The Labute approximate surface area is 159 Å². The zero-order valence-corrected chi connectivity index (χ0v) is 15.8. The van der Waals surface area contributed by atoms with Gasteiger partial charge in [-0.3, -0.25) is 4.79 Å².